The van der Waals surface area contributed by atoms with Gasteiger partial charge in [-0.3, -0.25) is 0 Å². The molecule has 1 aliphatic heterocycles. The first kappa shape index (κ1) is 14.2. The summed E-state index contributed by atoms with van der Waals surface area (Å²) in [6, 6.07) is 0. The quantitative estimate of drug-likeness (QED) is 0.817. The van der Waals surface area contributed by atoms with Gasteiger partial charge < -0.3 is 14.9 Å². The topological polar surface area (TPSA) is 56.7 Å². The fraction of sp³-hybridized carbons (Fsp3) is 0.538. The van der Waals surface area contributed by atoms with Gasteiger partial charge in [0.25, 0.3) is 0 Å². The van der Waals surface area contributed by atoms with Crippen LogP contribution >= 0.6 is 11.3 Å². The number of carbonyl (C=O) groups is 1. The van der Waals surface area contributed by atoms with Crippen molar-refractivity contribution in [2.75, 3.05) is 39.8 Å². The van der Waals surface area contributed by atoms with Gasteiger partial charge >= 0.3 is 5.97 Å². The number of aliphatic carboxylic acids is 1. The van der Waals surface area contributed by atoms with Crippen molar-refractivity contribution in [2.24, 2.45) is 0 Å². The Morgan fingerprint density at radius 2 is 2.21 bits per heavy atom. The van der Waals surface area contributed by atoms with E-state index in [2.05, 4.69) is 21.8 Å². The average Bonchev–Trinajstić information content (AvgIpc) is 2.84. The average molecular weight is 281 g/mol. The highest BCUT2D eigenvalue weighted by Crippen LogP contribution is 2.12. The van der Waals surface area contributed by atoms with Crippen LogP contribution in [0.25, 0.3) is 6.08 Å². The number of rotatable bonds is 5. The molecule has 104 valence electrons. The molecule has 0 radical (unpaired) electrons. The van der Waals surface area contributed by atoms with Gasteiger partial charge in [0.05, 0.1) is 10.7 Å². The maximum Gasteiger partial charge on any atom is 0.328 e. The van der Waals surface area contributed by atoms with Gasteiger partial charge in [-0.05, 0) is 13.1 Å². The van der Waals surface area contributed by atoms with Gasteiger partial charge in [-0.2, -0.15) is 0 Å². The van der Waals surface area contributed by atoms with Gasteiger partial charge in [-0.1, -0.05) is 0 Å². The van der Waals surface area contributed by atoms with Crippen molar-refractivity contribution in [2.45, 2.75) is 6.42 Å². The summed E-state index contributed by atoms with van der Waals surface area (Å²) in [5.41, 5.74) is 0.737. The Kier molecular flexibility index (Phi) is 5.07. The molecule has 0 atom stereocenters. The van der Waals surface area contributed by atoms with E-state index in [-0.39, 0.29) is 0 Å². The van der Waals surface area contributed by atoms with E-state index in [1.54, 1.807) is 11.3 Å². The molecule has 0 aliphatic carbocycles. The summed E-state index contributed by atoms with van der Waals surface area (Å²) in [4.78, 5) is 19.6. The lowest BCUT2D eigenvalue weighted by atomic mass is 10.3. The number of nitrogens with zero attached hydrogens (tertiary/aromatic N) is 3. The van der Waals surface area contributed by atoms with Crippen LogP contribution < -0.4 is 0 Å². The largest absolute Gasteiger partial charge is 0.478 e. The van der Waals surface area contributed by atoms with Crippen molar-refractivity contribution < 1.29 is 9.90 Å². The minimum Gasteiger partial charge on any atom is -0.478 e. The van der Waals surface area contributed by atoms with Gasteiger partial charge in [-0.25, -0.2) is 9.78 Å². The van der Waals surface area contributed by atoms with Crippen molar-refractivity contribution in [3.05, 3.63) is 22.2 Å². The Morgan fingerprint density at radius 3 is 2.89 bits per heavy atom. The summed E-state index contributed by atoms with van der Waals surface area (Å²) in [6.45, 7) is 5.53. The lowest BCUT2D eigenvalue weighted by molar-refractivity contribution is -0.131. The second kappa shape index (κ2) is 6.79. The zero-order chi connectivity index (χ0) is 13.7. The summed E-state index contributed by atoms with van der Waals surface area (Å²) >= 11 is 1.60. The molecule has 1 aromatic heterocycles. The SMILES string of the molecule is CN1CCN(CCc2nc(/C=C/C(=O)O)cs2)CC1. The van der Waals surface area contributed by atoms with Crippen LogP contribution in [0, 0.1) is 0 Å². The molecule has 0 spiro atoms. The van der Waals surface area contributed by atoms with E-state index >= 15 is 0 Å². The van der Waals surface area contributed by atoms with Gasteiger partial charge in [-0.15, -0.1) is 11.3 Å². The first-order chi connectivity index (χ1) is 9.13. The number of carboxylic acid groups (broad SMARTS) is 1. The maximum atomic E-state index is 10.4. The fourth-order valence-electron chi connectivity index (χ4n) is 2.00. The number of piperazine rings is 1. The summed E-state index contributed by atoms with van der Waals surface area (Å²) < 4.78 is 0. The summed E-state index contributed by atoms with van der Waals surface area (Å²) in [7, 11) is 2.15. The van der Waals surface area contributed by atoms with Crippen LogP contribution in [0.5, 0.6) is 0 Å². The normalized spacial score (nSPS) is 18.2. The molecule has 5 nitrogen and oxygen atoms in total. The number of hydrogen-bond acceptors (Lipinski definition) is 5. The van der Waals surface area contributed by atoms with E-state index in [4.69, 9.17) is 5.11 Å². The third-order valence-electron chi connectivity index (χ3n) is 3.20. The molecule has 0 saturated carbocycles. The Balaban J connectivity index is 1.78. The van der Waals surface area contributed by atoms with Crippen molar-refractivity contribution in [3.8, 4) is 0 Å². The monoisotopic (exact) mass is 281 g/mol. The van der Waals surface area contributed by atoms with Gasteiger partial charge in [0, 0.05) is 50.6 Å². The molecule has 19 heavy (non-hydrogen) atoms. The Labute approximate surface area is 117 Å². The third kappa shape index (κ3) is 4.74. The van der Waals surface area contributed by atoms with Crippen molar-refractivity contribution in [1.29, 1.82) is 0 Å². The fourth-order valence-corrected chi connectivity index (χ4v) is 2.75. The molecule has 1 aliphatic rings. The predicted octanol–water partition coefficient (Wildman–Crippen LogP) is 1.03. The standard InChI is InChI=1S/C13H19N3O2S/c1-15-6-8-16(9-7-15)5-4-12-14-11(10-19-12)2-3-13(17)18/h2-3,10H,4-9H2,1H3,(H,17,18)/b3-2+. The van der Waals surface area contributed by atoms with Gasteiger partial charge in [0.15, 0.2) is 0 Å². The van der Waals surface area contributed by atoms with E-state index in [0.717, 1.165) is 55.9 Å². The molecule has 2 rings (SSSR count). The zero-order valence-corrected chi connectivity index (χ0v) is 11.9. The van der Waals surface area contributed by atoms with Crippen LogP contribution in [0.1, 0.15) is 10.7 Å². The lowest BCUT2D eigenvalue weighted by Crippen LogP contribution is -2.45. The molecule has 0 amide bonds. The zero-order valence-electron chi connectivity index (χ0n) is 11.1. The Hall–Kier alpha value is -1.24. The van der Waals surface area contributed by atoms with E-state index < -0.39 is 5.97 Å². The predicted molar refractivity (Wildman–Crippen MR) is 76.4 cm³/mol. The van der Waals surface area contributed by atoms with E-state index in [1.165, 1.54) is 6.08 Å². The second-order valence-electron chi connectivity index (χ2n) is 4.73. The number of thiazole rings is 1. The van der Waals surface area contributed by atoms with Gasteiger partial charge in [0.2, 0.25) is 0 Å². The molecule has 1 fully saturated rings. The summed E-state index contributed by atoms with van der Waals surface area (Å²) in [6.07, 6.45) is 3.60. The molecule has 0 bridgehead atoms. The van der Waals surface area contributed by atoms with Crippen molar-refractivity contribution >= 4 is 23.4 Å². The molecule has 1 saturated heterocycles. The molecular weight excluding hydrogens is 262 g/mol. The van der Waals surface area contributed by atoms with Crippen LogP contribution in [0.3, 0.4) is 0 Å². The molecule has 0 aromatic carbocycles. The molecular formula is C13H19N3O2S. The van der Waals surface area contributed by atoms with E-state index in [1.807, 2.05) is 5.38 Å². The Morgan fingerprint density at radius 1 is 1.47 bits per heavy atom. The van der Waals surface area contributed by atoms with Crippen LogP contribution in [-0.2, 0) is 11.2 Å². The first-order valence-electron chi connectivity index (χ1n) is 6.40. The van der Waals surface area contributed by atoms with E-state index in [0.29, 0.717) is 0 Å². The number of aromatic nitrogens is 1. The van der Waals surface area contributed by atoms with Crippen molar-refractivity contribution in [3.63, 3.8) is 0 Å². The lowest BCUT2D eigenvalue weighted by Gasteiger charge is -2.32. The molecule has 1 N–H and O–H groups in total. The smallest absolute Gasteiger partial charge is 0.328 e. The first-order valence-corrected chi connectivity index (χ1v) is 7.28. The molecule has 0 unspecified atom stereocenters. The Bertz CT molecular complexity index is 450. The van der Waals surface area contributed by atoms with Gasteiger partial charge in [0.1, 0.15) is 0 Å². The summed E-state index contributed by atoms with van der Waals surface area (Å²) in [5, 5.41) is 11.5. The minimum absolute atomic E-state index is 0.737. The second-order valence-corrected chi connectivity index (χ2v) is 5.68. The number of hydrogen-bond donors (Lipinski definition) is 1. The van der Waals surface area contributed by atoms with E-state index in [9.17, 15) is 4.79 Å². The molecule has 6 heteroatoms. The minimum atomic E-state index is -0.938. The third-order valence-corrected chi connectivity index (χ3v) is 4.13. The van der Waals surface area contributed by atoms with Crippen LogP contribution in [0.2, 0.25) is 0 Å². The molecule has 1 aromatic rings. The maximum absolute atomic E-state index is 10.4. The highest BCUT2D eigenvalue weighted by molar-refractivity contribution is 7.09. The highest BCUT2D eigenvalue weighted by Gasteiger charge is 2.13. The summed E-state index contributed by atoms with van der Waals surface area (Å²) in [5.74, 6) is -0.938. The number of likely N-dealkylation sites (N-methyl/N-ethyl adjacent to an activating group) is 1. The number of carboxylic acids is 1. The van der Waals surface area contributed by atoms with Crippen LogP contribution in [-0.4, -0.2) is 65.6 Å². The van der Waals surface area contributed by atoms with Crippen LogP contribution in [0.4, 0.5) is 0 Å². The van der Waals surface area contributed by atoms with Crippen molar-refractivity contribution in [1.82, 2.24) is 14.8 Å². The van der Waals surface area contributed by atoms with Crippen LogP contribution in [0.15, 0.2) is 11.5 Å². The highest BCUT2D eigenvalue weighted by atomic mass is 32.1. The molecule has 2 heterocycles.